The van der Waals surface area contributed by atoms with E-state index in [0.29, 0.717) is 51.7 Å². The Bertz CT molecular complexity index is 1190. The van der Waals surface area contributed by atoms with Crippen LogP contribution in [0, 0.1) is 0 Å². The molecule has 7 nitrogen and oxygen atoms in total. The van der Waals surface area contributed by atoms with Gasteiger partial charge in [0.1, 0.15) is 11.6 Å². The summed E-state index contributed by atoms with van der Waals surface area (Å²) in [5.74, 6) is 1.07. The van der Waals surface area contributed by atoms with Gasteiger partial charge in [-0.05, 0) is 30.0 Å². The van der Waals surface area contributed by atoms with Gasteiger partial charge in [-0.2, -0.15) is 28.4 Å². The number of hydrogen-bond acceptors (Lipinski definition) is 8. The first kappa shape index (κ1) is 21.8. The predicted molar refractivity (Wildman–Crippen MR) is 116 cm³/mol. The molecule has 32 heavy (non-hydrogen) atoms. The van der Waals surface area contributed by atoms with Crippen LogP contribution in [0.3, 0.4) is 0 Å². The molecule has 0 unspecified atom stereocenters. The Kier molecular flexibility index (Phi) is 6.08. The molecule has 4 rings (SSSR count). The maximum absolute atomic E-state index is 12.9. The van der Waals surface area contributed by atoms with E-state index in [1.165, 1.54) is 30.1 Å². The van der Waals surface area contributed by atoms with Gasteiger partial charge >= 0.3 is 6.18 Å². The van der Waals surface area contributed by atoms with E-state index in [0.717, 1.165) is 12.1 Å². The van der Waals surface area contributed by atoms with Crippen LogP contribution in [0.15, 0.2) is 64.0 Å². The molecule has 3 aromatic rings. The first-order chi connectivity index (χ1) is 15.3. The first-order valence-corrected chi connectivity index (χ1v) is 10.6. The SMILES string of the molecule is CSc1nc(N)cc(Oc2ccc(C3=NN=C(Cc4cccc(C(F)(F)F)c4)C3)nc2)n1. The number of pyridine rings is 1. The predicted octanol–water partition coefficient (Wildman–Crippen LogP) is 4.78. The smallest absolute Gasteiger partial charge is 0.416 e. The van der Waals surface area contributed by atoms with E-state index < -0.39 is 11.7 Å². The fourth-order valence-electron chi connectivity index (χ4n) is 3.02. The van der Waals surface area contributed by atoms with Crippen LogP contribution in [0.1, 0.15) is 23.2 Å². The van der Waals surface area contributed by atoms with Crippen LogP contribution in [0.5, 0.6) is 11.6 Å². The van der Waals surface area contributed by atoms with Crippen LogP contribution in [-0.2, 0) is 12.6 Å². The number of thioether (sulfide) groups is 1. The second-order valence-electron chi connectivity index (χ2n) is 6.86. The zero-order valence-electron chi connectivity index (χ0n) is 16.8. The fraction of sp³-hybridized carbons (Fsp3) is 0.190. The summed E-state index contributed by atoms with van der Waals surface area (Å²) in [5, 5.41) is 8.76. The van der Waals surface area contributed by atoms with Crippen molar-refractivity contribution < 1.29 is 17.9 Å². The van der Waals surface area contributed by atoms with Gasteiger partial charge in [0.25, 0.3) is 0 Å². The average Bonchev–Trinajstić information content (AvgIpc) is 3.22. The Morgan fingerprint density at radius 3 is 2.66 bits per heavy atom. The number of alkyl halides is 3. The Balaban J connectivity index is 1.39. The zero-order valence-corrected chi connectivity index (χ0v) is 17.6. The summed E-state index contributed by atoms with van der Waals surface area (Å²) in [7, 11) is 0. The molecule has 2 aromatic heterocycles. The molecule has 0 amide bonds. The van der Waals surface area contributed by atoms with Gasteiger partial charge in [0, 0.05) is 18.9 Å². The normalized spacial score (nSPS) is 13.6. The zero-order chi connectivity index (χ0) is 22.7. The molecule has 11 heteroatoms. The molecule has 0 saturated heterocycles. The molecule has 2 N–H and O–H groups in total. The van der Waals surface area contributed by atoms with Gasteiger partial charge in [-0.25, -0.2) is 4.98 Å². The third kappa shape index (κ3) is 5.22. The van der Waals surface area contributed by atoms with Crippen molar-refractivity contribution in [1.29, 1.82) is 0 Å². The lowest BCUT2D eigenvalue weighted by Gasteiger charge is -2.09. The number of anilines is 1. The minimum Gasteiger partial charge on any atom is -0.437 e. The first-order valence-electron chi connectivity index (χ1n) is 9.41. The van der Waals surface area contributed by atoms with Crippen molar-refractivity contribution in [3.63, 3.8) is 0 Å². The molecular formula is C21H17F3N6OS. The van der Waals surface area contributed by atoms with Crippen molar-refractivity contribution in [3.8, 4) is 11.6 Å². The van der Waals surface area contributed by atoms with Gasteiger partial charge in [0.2, 0.25) is 5.88 Å². The van der Waals surface area contributed by atoms with Crippen molar-refractivity contribution >= 4 is 29.0 Å². The molecule has 1 aromatic carbocycles. The molecular weight excluding hydrogens is 441 g/mol. The standard InChI is InChI=1S/C21H17F3N6OS/c1-32-20-27-18(25)10-19(28-20)31-15-5-6-16(26-11-15)17-9-14(29-30-17)8-12-3-2-4-13(7-12)21(22,23)24/h2-7,10-11H,8-9H2,1H3,(H2,25,27,28). The molecule has 1 aliphatic heterocycles. The molecule has 0 atom stereocenters. The summed E-state index contributed by atoms with van der Waals surface area (Å²) >= 11 is 1.35. The number of benzene rings is 1. The number of ether oxygens (including phenoxy) is 1. The van der Waals surface area contributed by atoms with E-state index in [4.69, 9.17) is 10.5 Å². The minimum absolute atomic E-state index is 0.283. The molecule has 0 spiro atoms. The third-order valence-corrected chi connectivity index (χ3v) is 5.03. The lowest BCUT2D eigenvalue weighted by atomic mass is 10.0. The minimum atomic E-state index is -4.38. The van der Waals surface area contributed by atoms with Crippen molar-refractivity contribution in [1.82, 2.24) is 15.0 Å². The molecule has 0 fully saturated rings. The number of halogens is 3. The number of nitrogens with two attached hydrogens (primary N) is 1. The highest BCUT2D eigenvalue weighted by Gasteiger charge is 2.30. The van der Waals surface area contributed by atoms with E-state index in [9.17, 15) is 13.2 Å². The maximum atomic E-state index is 12.9. The van der Waals surface area contributed by atoms with E-state index in [1.807, 2.05) is 6.26 Å². The second kappa shape index (κ2) is 8.95. The maximum Gasteiger partial charge on any atom is 0.416 e. The summed E-state index contributed by atoms with van der Waals surface area (Å²) < 4.78 is 44.4. The Morgan fingerprint density at radius 2 is 1.94 bits per heavy atom. The van der Waals surface area contributed by atoms with Crippen molar-refractivity contribution in [3.05, 3.63) is 65.5 Å². The van der Waals surface area contributed by atoms with E-state index >= 15 is 0 Å². The van der Waals surface area contributed by atoms with Crippen LogP contribution in [-0.4, -0.2) is 32.6 Å². The van der Waals surface area contributed by atoms with Crippen molar-refractivity contribution in [2.24, 2.45) is 10.2 Å². The van der Waals surface area contributed by atoms with E-state index in [1.54, 1.807) is 18.2 Å². The highest BCUT2D eigenvalue weighted by Crippen LogP contribution is 2.30. The van der Waals surface area contributed by atoms with Crippen LogP contribution < -0.4 is 10.5 Å². The Labute approximate surface area is 185 Å². The van der Waals surface area contributed by atoms with Gasteiger partial charge < -0.3 is 10.5 Å². The summed E-state index contributed by atoms with van der Waals surface area (Å²) in [6.45, 7) is 0. The number of aromatic nitrogens is 3. The summed E-state index contributed by atoms with van der Waals surface area (Å²) in [6.07, 6.45) is -0.328. The second-order valence-corrected chi connectivity index (χ2v) is 7.64. The lowest BCUT2D eigenvalue weighted by Crippen LogP contribution is -2.10. The highest BCUT2D eigenvalue weighted by atomic mass is 32.2. The lowest BCUT2D eigenvalue weighted by molar-refractivity contribution is -0.137. The van der Waals surface area contributed by atoms with Crippen molar-refractivity contribution in [2.75, 3.05) is 12.0 Å². The van der Waals surface area contributed by atoms with Crippen LogP contribution >= 0.6 is 11.8 Å². The van der Waals surface area contributed by atoms with Gasteiger partial charge in [0.15, 0.2) is 5.16 Å². The van der Waals surface area contributed by atoms with Gasteiger partial charge in [-0.15, -0.1) is 0 Å². The van der Waals surface area contributed by atoms with Crippen LogP contribution in [0.2, 0.25) is 0 Å². The summed E-state index contributed by atoms with van der Waals surface area (Å²) in [6, 6.07) is 10.2. The summed E-state index contributed by atoms with van der Waals surface area (Å²) in [5.41, 5.74) is 7.51. The number of hydrogen-bond donors (Lipinski definition) is 1. The van der Waals surface area contributed by atoms with Gasteiger partial charge in [-0.1, -0.05) is 30.0 Å². The van der Waals surface area contributed by atoms with Crippen LogP contribution in [0.25, 0.3) is 0 Å². The quantitative estimate of drug-likeness (QED) is 0.422. The Morgan fingerprint density at radius 1 is 1.09 bits per heavy atom. The Hall–Kier alpha value is -3.47. The van der Waals surface area contributed by atoms with Crippen molar-refractivity contribution in [2.45, 2.75) is 24.2 Å². The van der Waals surface area contributed by atoms with Gasteiger partial charge in [0.05, 0.1) is 28.9 Å². The molecule has 3 heterocycles. The molecule has 0 bridgehead atoms. The topological polar surface area (TPSA) is 98.6 Å². The fourth-order valence-corrected chi connectivity index (χ4v) is 3.40. The molecule has 0 aliphatic carbocycles. The third-order valence-electron chi connectivity index (χ3n) is 4.49. The number of nitrogen functional groups attached to an aromatic ring is 1. The van der Waals surface area contributed by atoms with Gasteiger partial charge in [-0.3, -0.25) is 4.98 Å². The number of nitrogens with zero attached hydrogens (tertiary/aromatic N) is 5. The number of rotatable bonds is 6. The molecule has 164 valence electrons. The van der Waals surface area contributed by atoms with E-state index in [-0.39, 0.29) is 6.42 Å². The monoisotopic (exact) mass is 458 g/mol. The average molecular weight is 458 g/mol. The molecule has 1 aliphatic rings. The highest BCUT2D eigenvalue weighted by molar-refractivity contribution is 7.98. The van der Waals surface area contributed by atoms with Crippen LogP contribution in [0.4, 0.5) is 19.0 Å². The largest absolute Gasteiger partial charge is 0.437 e. The van der Waals surface area contributed by atoms with E-state index in [2.05, 4.69) is 25.2 Å². The molecule has 0 saturated carbocycles. The molecule has 0 radical (unpaired) electrons. The summed E-state index contributed by atoms with van der Waals surface area (Å²) in [4.78, 5) is 12.6.